The minimum Gasteiger partial charge on any atom is -0.376 e. The molecule has 4 rings (SSSR count). The highest BCUT2D eigenvalue weighted by Crippen LogP contribution is 2.27. The zero-order valence-electron chi connectivity index (χ0n) is 16.8. The maximum atomic E-state index is 5.65. The Morgan fingerprint density at radius 3 is 2.39 bits per heavy atom. The number of anilines is 3. The van der Waals surface area contributed by atoms with Gasteiger partial charge >= 0.3 is 0 Å². The van der Waals surface area contributed by atoms with Crippen LogP contribution in [0.5, 0.6) is 0 Å². The van der Waals surface area contributed by atoms with Crippen molar-refractivity contribution < 1.29 is 4.74 Å². The molecule has 1 aromatic rings. The topological polar surface area (TPSA) is 65.5 Å². The van der Waals surface area contributed by atoms with Gasteiger partial charge in [0.1, 0.15) is 11.6 Å². The summed E-state index contributed by atoms with van der Waals surface area (Å²) < 4.78 is 5.65. The van der Waals surface area contributed by atoms with Gasteiger partial charge in [-0.3, -0.25) is 0 Å². The summed E-state index contributed by atoms with van der Waals surface area (Å²) in [5.74, 6) is 3.39. The van der Waals surface area contributed by atoms with Crippen molar-refractivity contribution in [1.82, 2.24) is 15.3 Å². The van der Waals surface area contributed by atoms with E-state index < -0.39 is 0 Å². The van der Waals surface area contributed by atoms with Crippen LogP contribution in [0.3, 0.4) is 0 Å². The number of hydrogen-bond donors (Lipinski definition) is 2. The van der Waals surface area contributed by atoms with Crippen molar-refractivity contribution in [3.63, 3.8) is 0 Å². The smallest absolute Gasteiger partial charge is 0.232 e. The number of nitrogens with zero attached hydrogens (tertiary/aromatic N) is 4. The van der Waals surface area contributed by atoms with Crippen LogP contribution in [0.2, 0.25) is 0 Å². The fourth-order valence-corrected chi connectivity index (χ4v) is 4.32. The van der Waals surface area contributed by atoms with Gasteiger partial charge in [0.25, 0.3) is 0 Å². The molecule has 0 aromatic carbocycles. The Morgan fingerprint density at radius 1 is 1.07 bits per heavy atom. The van der Waals surface area contributed by atoms with Crippen molar-refractivity contribution in [1.29, 1.82) is 0 Å². The first-order valence-electron chi connectivity index (χ1n) is 10.7. The molecule has 0 aliphatic carbocycles. The van der Waals surface area contributed by atoms with Gasteiger partial charge in [-0.05, 0) is 56.7 Å². The van der Waals surface area contributed by atoms with Gasteiger partial charge in [-0.25, -0.2) is 0 Å². The number of thiocarbonyl (C=S) groups is 1. The highest BCUT2D eigenvalue weighted by Gasteiger charge is 2.22. The monoisotopic (exact) mass is 404 g/mol. The molecule has 0 bridgehead atoms. The van der Waals surface area contributed by atoms with Crippen LogP contribution < -0.4 is 20.4 Å². The first kappa shape index (κ1) is 19.6. The lowest BCUT2D eigenvalue weighted by Gasteiger charge is -2.32. The standard InChI is InChI=1S/C20H32N6OS/c1-15-6-10-26(11-7-15)18-13-17(25-8-2-3-9-25)22-19(23-18)24-20(28)21-14-16-5-4-12-27-16/h13,15-16H,2-12,14H2,1H3,(H2,21,22,23,24,28)/t16-/m1/s1. The summed E-state index contributed by atoms with van der Waals surface area (Å²) in [4.78, 5) is 14.3. The van der Waals surface area contributed by atoms with Crippen molar-refractivity contribution in [2.75, 3.05) is 54.4 Å². The Labute approximate surface area is 173 Å². The van der Waals surface area contributed by atoms with Crippen LogP contribution in [0.1, 0.15) is 45.4 Å². The Morgan fingerprint density at radius 2 is 1.75 bits per heavy atom. The van der Waals surface area contributed by atoms with Gasteiger partial charge in [0, 0.05) is 45.4 Å². The lowest BCUT2D eigenvalue weighted by atomic mass is 9.99. The molecule has 0 spiro atoms. The van der Waals surface area contributed by atoms with Crippen LogP contribution in [-0.2, 0) is 4.74 Å². The Hall–Kier alpha value is -1.67. The molecule has 154 valence electrons. The van der Waals surface area contributed by atoms with E-state index in [4.69, 9.17) is 26.9 Å². The van der Waals surface area contributed by atoms with Crippen LogP contribution in [0, 0.1) is 5.92 Å². The summed E-state index contributed by atoms with van der Waals surface area (Å²) in [5, 5.41) is 7.02. The van der Waals surface area contributed by atoms with E-state index in [1.807, 2.05) is 0 Å². The fraction of sp³-hybridized carbons (Fsp3) is 0.750. The maximum absolute atomic E-state index is 5.65. The predicted octanol–water partition coefficient (Wildman–Crippen LogP) is 2.78. The fourth-order valence-electron chi connectivity index (χ4n) is 4.14. The average molecular weight is 405 g/mol. The first-order valence-corrected chi connectivity index (χ1v) is 11.1. The number of aromatic nitrogens is 2. The van der Waals surface area contributed by atoms with Crippen LogP contribution in [-0.4, -0.2) is 60.5 Å². The molecule has 1 aromatic heterocycles. The number of piperidine rings is 1. The Balaban J connectivity index is 1.45. The second kappa shape index (κ2) is 9.22. The zero-order valence-corrected chi connectivity index (χ0v) is 17.6. The average Bonchev–Trinajstić information content (AvgIpc) is 3.41. The second-order valence-electron chi connectivity index (χ2n) is 8.24. The molecule has 4 heterocycles. The minimum atomic E-state index is 0.252. The largest absolute Gasteiger partial charge is 0.376 e. The summed E-state index contributed by atoms with van der Waals surface area (Å²) in [6.45, 7) is 8.15. The number of ether oxygens (including phenoxy) is 1. The summed E-state index contributed by atoms with van der Waals surface area (Å²) >= 11 is 5.48. The summed E-state index contributed by atoms with van der Waals surface area (Å²) in [7, 11) is 0. The third-order valence-electron chi connectivity index (χ3n) is 5.98. The Kier molecular flexibility index (Phi) is 6.47. The van der Waals surface area contributed by atoms with Gasteiger partial charge in [0.2, 0.25) is 5.95 Å². The van der Waals surface area contributed by atoms with Crippen molar-refractivity contribution in [2.45, 2.75) is 51.6 Å². The molecule has 7 nitrogen and oxygen atoms in total. The molecule has 0 saturated carbocycles. The van der Waals surface area contributed by atoms with Crippen LogP contribution in [0.25, 0.3) is 0 Å². The highest BCUT2D eigenvalue weighted by molar-refractivity contribution is 7.80. The van der Waals surface area contributed by atoms with Crippen molar-refractivity contribution in [2.24, 2.45) is 5.92 Å². The molecule has 0 unspecified atom stereocenters. The lowest BCUT2D eigenvalue weighted by molar-refractivity contribution is 0.114. The molecule has 1 atom stereocenters. The Bertz CT molecular complexity index is 667. The third-order valence-corrected chi connectivity index (χ3v) is 6.22. The van der Waals surface area contributed by atoms with Gasteiger partial charge in [-0.1, -0.05) is 6.92 Å². The van der Waals surface area contributed by atoms with E-state index in [0.29, 0.717) is 11.1 Å². The van der Waals surface area contributed by atoms with Crippen molar-refractivity contribution >= 4 is 34.9 Å². The molecule has 3 aliphatic rings. The van der Waals surface area contributed by atoms with Gasteiger partial charge in [0.15, 0.2) is 5.11 Å². The van der Waals surface area contributed by atoms with E-state index >= 15 is 0 Å². The van der Waals surface area contributed by atoms with Crippen LogP contribution in [0.15, 0.2) is 6.07 Å². The van der Waals surface area contributed by atoms with Crippen LogP contribution in [0.4, 0.5) is 17.6 Å². The molecular weight excluding hydrogens is 372 g/mol. The molecular formula is C20H32N6OS. The van der Waals surface area contributed by atoms with Gasteiger partial charge in [-0.15, -0.1) is 0 Å². The molecule has 0 radical (unpaired) electrons. The summed E-state index contributed by atoms with van der Waals surface area (Å²) in [5.41, 5.74) is 0. The molecule has 2 N–H and O–H groups in total. The van der Waals surface area contributed by atoms with E-state index in [1.54, 1.807) is 0 Å². The second-order valence-corrected chi connectivity index (χ2v) is 8.65. The normalized spacial score (nSPS) is 23.2. The molecule has 0 amide bonds. The summed E-state index contributed by atoms with van der Waals surface area (Å²) in [6.07, 6.45) is 7.36. The first-order chi connectivity index (χ1) is 13.7. The van der Waals surface area contributed by atoms with E-state index in [9.17, 15) is 0 Å². The van der Waals surface area contributed by atoms with E-state index in [-0.39, 0.29) is 6.10 Å². The van der Waals surface area contributed by atoms with Gasteiger partial charge in [0.05, 0.1) is 6.10 Å². The maximum Gasteiger partial charge on any atom is 0.232 e. The SMILES string of the molecule is CC1CCN(c2cc(N3CCCC3)nc(NC(=S)NC[C@H]3CCCO3)n2)CC1. The summed E-state index contributed by atoms with van der Waals surface area (Å²) in [6, 6.07) is 2.15. The highest BCUT2D eigenvalue weighted by atomic mass is 32.1. The third kappa shape index (κ3) is 5.03. The molecule has 3 aliphatic heterocycles. The molecule has 28 heavy (non-hydrogen) atoms. The van der Waals surface area contributed by atoms with Crippen molar-refractivity contribution in [3.8, 4) is 0 Å². The van der Waals surface area contributed by atoms with Crippen molar-refractivity contribution in [3.05, 3.63) is 6.07 Å². The van der Waals surface area contributed by atoms with E-state index in [1.165, 1.54) is 25.7 Å². The number of rotatable bonds is 5. The van der Waals surface area contributed by atoms with E-state index in [0.717, 1.165) is 69.7 Å². The lowest BCUT2D eigenvalue weighted by Crippen LogP contribution is -2.36. The number of hydrogen-bond acceptors (Lipinski definition) is 6. The minimum absolute atomic E-state index is 0.252. The van der Waals surface area contributed by atoms with E-state index in [2.05, 4.69) is 33.4 Å². The van der Waals surface area contributed by atoms with Gasteiger partial charge in [-0.2, -0.15) is 9.97 Å². The quantitative estimate of drug-likeness (QED) is 0.727. The molecule has 3 saturated heterocycles. The molecule has 3 fully saturated rings. The predicted molar refractivity (Wildman–Crippen MR) is 117 cm³/mol. The van der Waals surface area contributed by atoms with Gasteiger partial charge < -0.3 is 25.2 Å². The van der Waals surface area contributed by atoms with Crippen LogP contribution >= 0.6 is 12.2 Å². The molecule has 8 heteroatoms. The number of nitrogens with one attached hydrogen (secondary N) is 2. The zero-order chi connectivity index (χ0) is 19.3.